The monoisotopic (exact) mass is 258 g/mol. The van der Waals surface area contributed by atoms with Gasteiger partial charge in [0.2, 0.25) is 5.91 Å². The summed E-state index contributed by atoms with van der Waals surface area (Å²) >= 11 is 0. The van der Waals surface area contributed by atoms with Crippen LogP contribution in [-0.2, 0) is 4.79 Å². The number of nitrogens with one attached hydrogen (secondary N) is 1. The summed E-state index contributed by atoms with van der Waals surface area (Å²) in [6.45, 7) is 2.01. The van der Waals surface area contributed by atoms with Gasteiger partial charge in [-0.2, -0.15) is 0 Å². The van der Waals surface area contributed by atoms with Crippen molar-refractivity contribution < 1.29 is 4.79 Å². The van der Waals surface area contributed by atoms with Gasteiger partial charge in [-0.3, -0.25) is 4.79 Å². The van der Waals surface area contributed by atoms with Gasteiger partial charge in [0.05, 0.1) is 0 Å². The van der Waals surface area contributed by atoms with Crippen LogP contribution in [0.3, 0.4) is 0 Å². The van der Waals surface area contributed by atoms with Crippen molar-refractivity contribution in [2.75, 3.05) is 0 Å². The summed E-state index contributed by atoms with van der Waals surface area (Å²) < 4.78 is 0. The SMILES string of the molecule is C#CCC(CC)NC(=O)CCC(N)c1ccccc1. The predicted octanol–water partition coefficient (Wildman–Crippen LogP) is 2.38. The molecule has 0 aliphatic carbocycles. The van der Waals surface area contributed by atoms with Crippen LogP contribution in [0, 0.1) is 12.3 Å². The lowest BCUT2D eigenvalue weighted by Gasteiger charge is -2.16. The first-order valence-corrected chi connectivity index (χ1v) is 6.70. The average molecular weight is 258 g/mol. The number of carbonyl (C=O) groups excluding carboxylic acids is 1. The number of carbonyl (C=O) groups is 1. The van der Waals surface area contributed by atoms with Crippen LogP contribution in [0.25, 0.3) is 0 Å². The van der Waals surface area contributed by atoms with Crippen LogP contribution in [0.15, 0.2) is 30.3 Å². The summed E-state index contributed by atoms with van der Waals surface area (Å²) in [5, 5.41) is 2.94. The second-order valence-corrected chi connectivity index (χ2v) is 4.64. The Hall–Kier alpha value is -1.79. The quantitative estimate of drug-likeness (QED) is 0.738. The summed E-state index contributed by atoms with van der Waals surface area (Å²) in [6.07, 6.45) is 7.75. The number of nitrogens with two attached hydrogens (primary N) is 1. The Morgan fingerprint density at radius 2 is 2.11 bits per heavy atom. The number of benzene rings is 1. The Labute approximate surface area is 115 Å². The van der Waals surface area contributed by atoms with Crippen LogP contribution in [0.2, 0.25) is 0 Å². The molecule has 3 N–H and O–H groups in total. The van der Waals surface area contributed by atoms with Crippen LogP contribution in [0.4, 0.5) is 0 Å². The molecular formula is C16H22N2O. The van der Waals surface area contributed by atoms with Gasteiger partial charge in [-0.1, -0.05) is 37.3 Å². The highest BCUT2D eigenvalue weighted by Gasteiger charge is 2.12. The van der Waals surface area contributed by atoms with E-state index in [1.807, 2.05) is 37.3 Å². The zero-order valence-electron chi connectivity index (χ0n) is 11.4. The first kappa shape index (κ1) is 15.3. The Balaban J connectivity index is 2.36. The molecule has 2 unspecified atom stereocenters. The average Bonchev–Trinajstić information content (AvgIpc) is 2.45. The highest BCUT2D eigenvalue weighted by atomic mass is 16.1. The van der Waals surface area contributed by atoms with E-state index in [0.29, 0.717) is 19.3 Å². The van der Waals surface area contributed by atoms with Crippen molar-refractivity contribution in [3.63, 3.8) is 0 Å². The van der Waals surface area contributed by atoms with E-state index in [-0.39, 0.29) is 18.0 Å². The summed E-state index contributed by atoms with van der Waals surface area (Å²) in [5.41, 5.74) is 7.11. The van der Waals surface area contributed by atoms with Gasteiger partial charge < -0.3 is 11.1 Å². The van der Waals surface area contributed by atoms with E-state index in [9.17, 15) is 4.79 Å². The first-order chi connectivity index (χ1) is 9.17. The highest BCUT2D eigenvalue weighted by molar-refractivity contribution is 5.76. The number of hydrogen-bond acceptors (Lipinski definition) is 2. The number of terminal acetylenes is 1. The van der Waals surface area contributed by atoms with Gasteiger partial charge in [0.15, 0.2) is 0 Å². The molecule has 0 aliphatic heterocycles. The van der Waals surface area contributed by atoms with Gasteiger partial charge >= 0.3 is 0 Å². The second-order valence-electron chi connectivity index (χ2n) is 4.64. The predicted molar refractivity (Wildman–Crippen MR) is 78.3 cm³/mol. The fourth-order valence-corrected chi connectivity index (χ4v) is 1.89. The Morgan fingerprint density at radius 3 is 2.68 bits per heavy atom. The molecule has 0 bridgehead atoms. The normalized spacial score (nSPS) is 13.3. The highest BCUT2D eigenvalue weighted by Crippen LogP contribution is 2.15. The van der Waals surface area contributed by atoms with E-state index in [0.717, 1.165) is 12.0 Å². The lowest BCUT2D eigenvalue weighted by molar-refractivity contribution is -0.122. The molecule has 0 radical (unpaired) electrons. The van der Waals surface area contributed by atoms with Gasteiger partial charge in [0.1, 0.15) is 0 Å². The molecule has 0 spiro atoms. The lowest BCUT2D eigenvalue weighted by Crippen LogP contribution is -2.34. The molecule has 1 amide bonds. The van der Waals surface area contributed by atoms with E-state index in [1.54, 1.807) is 0 Å². The Bertz CT molecular complexity index is 422. The fraction of sp³-hybridized carbons (Fsp3) is 0.438. The molecular weight excluding hydrogens is 236 g/mol. The largest absolute Gasteiger partial charge is 0.352 e. The number of hydrogen-bond donors (Lipinski definition) is 2. The lowest BCUT2D eigenvalue weighted by atomic mass is 10.0. The second kappa shape index (κ2) is 8.34. The van der Waals surface area contributed by atoms with E-state index >= 15 is 0 Å². The first-order valence-electron chi connectivity index (χ1n) is 6.70. The zero-order valence-corrected chi connectivity index (χ0v) is 11.4. The van der Waals surface area contributed by atoms with Crippen molar-refractivity contribution in [1.29, 1.82) is 0 Å². The number of rotatable bonds is 7. The maximum absolute atomic E-state index is 11.8. The van der Waals surface area contributed by atoms with E-state index in [2.05, 4.69) is 11.2 Å². The van der Waals surface area contributed by atoms with Gasteiger partial charge in [-0.05, 0) is 18.4 Å². The van der Waals surface area contributed by atoms with Gasteiger partial charge in [-0.15, -0.1) is 12.3 Å². The maximum atomic E-state index is 11.8. The molecule has 0 aromatic heterocycles. The summed E-state index contributed by atoms with van der Waals surface area (Å²) in [6, 6.07) is 9.80. The molecule has 19 heavy (non-hydrogen) atoms. The molecule has 0 aliphatic rings. The Kier molecular flexibility index (Phi) is 6.70. The van der Waals surface area contributed by atoms with Crippen LogP contribution in [0.5, 0.6) is 0 Å². The van der Waals surface area contributed by atoms with E-state index in [1.165, 1.54) is 0 Å². The van der Waals surface area contributed by atoms with Crippen LogP contribution < -0.4 is 11.1 Å². The molecule has 1 rings (SSSR count). The van der Waals surface area contributed by atoms with Gasteiger partial charge in [0.25, 0.3) is 0 Å². The molecule has 3 heteroatoms. The van der Waals surface area contributed by atoms with Crippen molar-refractivity contribution in [3.8, 4) is 12.3 Å². The van der Waals surface area contributed by atoms with Crippen LogP contribution in [-0.4, -0.2) is 11.9 Å². The smallest absolute Gasteiger partial charge is 0.220 e. The van der Waals surface area contributed by atoms with Crippen molar-refractivity contribution in [2.24, 2.45) is 5.73 Å². The molecule has 3 nitrogen and oxygen atoms in total. The van der Waals surface area contributed by atoms with Crippen molar-refractivity contribution in [3.05, 3.63) is 35.9 Å². The molecule has 0 saturated heterocycles. The maximum Gasteiger partial charge on any atom is 0.220 e. The van der Waals surface area contributed by atoms with Crippen LogP contribution >= 0.6 is 0 Å². The standard InChI is InChI=1S/C16H22N2O/c1-3-8-14(4-2)18-16(19)12-11-15(17)13-9-6-5-7-10-13/h1,5-7,9-10,14-15H,4,8,11-12,17H2,2H3,(H,18,19). The zero-order chi connectivity index (χ0) is 14.1. The third-order valence-corrected chi connectivity index (χ3v) is 3.13. The number of amides is 1. The fourth-order valence-electron chi connectivity index (χ4n) is 1.89. The third-order valence-electron chi connectivity index (χ3n) is 3.13. The van der Waals surface area contributed by atoms with E-state index < -0.39 is 0 Å². The summed E-state index contributed by atoms with van der Waals surface area (Å²) in [7, 11) is 0. The topological polar surface area (TPSA) is 55.1 Å². The molecule has 0 saturated carbocycles. The molecule has 0 fully saturated rings. The van der Waals surface area contributed by atoms with Crippen LogP contribution in [0.1, 0.15) is 44.2 Å². The third kappa shape index (κ3) is 5.58. The minimum Gasteiger partial charge on any atom is -0.352 e. The van der Waals surface area contributed by atoms with Gasteiger partial charge in [-0.25, -0.2) is 0 Å². The Morgan fingerprint density at radius 1 is 1.42 bits per heavy atom. The van der Waals surface area contributed by atoms with Crippen molar-refractivity contribution >= 4 is 5.91 Å². The van der Waals surface area contributed by atoms with Crippen molar-refractivity contribution in [1.82, 2.24) is 5.32 Å². The molecule has 1 aromatic carbocycles. The van der Waals surface area contributed by atoms with Crippen molar-refractivity contribution in [2.45, 2.75) is 44.7 Å². The molecule has 1 aromatic rings. The molecule has 102 valence electrons. The molecule has 2 atom stereocenters. The summed E-state index contributed by atoms with van der Waals surface area (Å²) in [4.78, 5) is 11.8. The summed E-state index contributed by atoms with van der Waals surface area (Å²) in [5.74, 6) is 2.60. The minimum absolute atomic E-state index is 0.0217. The van der Waals surface area contributed by atoms with E-state index in [4.69, 9.17) is 12.2 Å². The minimum atomic E-state index is -0.0975. The van der Waals surface area contributed by atoms with Gasteiger partial charge in [0, 0.05) is 24.9 Å². The molecule has 0 heterocycles.